The molecule has 0 amide bonds. The molecule has 2 N–H and O–H groups in total. The first-order chi connectivity index (χ1) is 16.0. The third-order valence-electron chi connectivity index (χ3n) is 7.24. The van der Waals surface area contributed by atoms with Crippen LogP contribution in [0.15, 0.2) is 18.2 Å². The maximum Gasteiger partial charge on any atom is 0.115 e. The van der Waals surface area contributed by atoms with Crippen LogP contribution in [0.3, 0.4) is 0 Å². The highest BCUT2D eigenvalue weighted by Gasteiger charge is 2.55. The van der Waals surface area contributed by atoms with Gasteiger partial charge in [0.05, 0.1) is 6.10 Å². The van der Waals surface area contributed by atoms with Gasteiger partial charge >= 0.3 is 0 Å². The number of halogens is 1. The molecular weight excluding hydrogens is 476 g/mol. The molecule has 1 aromatic carbocycles. The highest BCUT2D eigenvalue weighted by Crippen LogP contribution is 2.61. The van der Waals surface area contributed by atoms with Crippen LogP contribution in [0, 0.1) is 17.3 Å². The Balaban J connectivity index is 0.00000101. The number of hydrogen-bond acceptors (Lipinski definition) is 3. The number of aliphatic hydroxyl groups excluding tert-OH is 1. The second kappa shape index (κ2) is 17.8. The molecule has 0 bridgehead atoms. The number of aryl methyl sites for hydroxylation is 1. The summed E-state index contributed by atoms with van der Waals surface area (Å²) in [5, 5.41) is 19.8. The SMILES string of the molecule is CC.CC.CC.CC12CCC3c4ccc(O)cc4CCC3C1CCC2OCCCO.CCBr. The number of phenolic OH excluding ortho intramolecular Hbond substituents is 1. The van der Waals surface area contributed by atoms with Gasteiger partial charge in [0.15, 0.2) is 0 Å². The van der Waals surface area contributed by atoms with Crippen LogP contribution >= 0.6 is 15.9 Å². The van der Waals surface area contributed by atoms with Crippen molar-refractivity contribution in [3.63, 3.8) is 0 Å². The fraction of sp³-hybridized carbons (Fsp3) is 0.793. The number of benzene rings is 1. The molecule has 5 unspecified atom stereocenters. The highest BCUT2D eigenvalue weighted by molar-refractivity contribution is 9.09. The van der Waals surface area contributed by atoms with Gasteiger partial charge in [0.2, 0.25) is 0 Å². The highest BCUT2D eigenvalue weighted by atomic mass is 79.9. The Morgan fingerprint density at radius 1 is 1.03 bits per heavy atom. The summed E-state index contributed by atoms with van der Waals surface area (Å²) in [5.74, 6) is 2.61. The Kier molecular flexibility index (Phi) is 17.5. The lowest BCUT2D eigenvalue weighted by Gasteiger charge is -2.50. The van der Waals surface area contributed by atoms with Gasteiger partial charge in [-0.2, -0.15) is 0 Å². The number of fused-ring (bicyclic) bond motifs is 5. The first-order valence-electron chi connectivity index (χ1n) is 13.6. The number of rotatable bonds is 4. The number of hydrogen-bond donors (Lipinski definition) is 2. The molecule has 3 nitrogen and oxygen atoms in total. The standard InChI is InChI=1S/C21H30O3.C2H5Br.3C2H6/c1-21-10-9-17-16-6-4-15(23)13-14(16)3-5-18(17)19(21)7-8-20(21)24-12-2-11-22;1-2-3;3*1-2/h4,6,13,17-20,22-23H,2-3,5,7-12H2,1H3;2H2,1H3;3*1-2H3. The third kappa shape index (κ3) is 8.25. The van der Waals surface area contributed by atoms with Crippen molar-refractivity contribution in [1.29, 1.82) is 0 Å². The first kappa shape index (κ1) is 32.4. The van der Waals surface area contributed by atoms with Gasteiger partial charge in [0.25, 0.3) is 0 Å². The summed E-state index contributed by atoms with van der Waals surface area (Å²) >= 11 is 3.15. The molecule has 3 aliphatic carbocycles. The number of aliphatic hydroxyl groups is 1. The van der Waals surface area contributed by atoms with Gasteiger partial charge in [0.1, 0.15) is 5.75 Å². The van der Waals surface area contributed by atoms with Gasteiger partial charge in [-0.25, -0.2) is 0 Å². The Hall–Kier alpha value is -0.580. The monoisotopic (exact) mass is 528 g/mol. The predicted molar refractivity (Wildman–Crippen MR) is 148 cm³/mol. The summed E-state index contributed by atoms with van der Waals surface area (Å²) in [4.78, 5) is 0. The molecule has 5 atom stereocenters. The van der Waals surface area contributed by atoms with Gasteiger partial charge in [-0.3, -0.25) is 0 Å². The molecule has 0 aliphatic heterocycles. The topological polar surface area (TPSA) is 49.7 Å². The molecule has 0 aromatic heterocycles. The predicted octanol–water partition coefficient (Wildman–Crippen LogP) is 8.50. The van der Waals surface area contributed by atoms with Crippen molar-refractivity contribution in [3.8, 4) is 5.75 Å². The van der Waals surface area contributed by atoms with E-state index in [1.165, 1.54) is 43.2 Å². The lowest BCUT2D eigenvalue weighted by molar-refractivity contribution is -0.0661. The fourth-order valence-corrected chi connectivity index (χ4v) is 6.08. The van der Waals surface area contributed by atoms with Crippen LogP contribution in [0.4, 0.5) is 0 Å². The molecule has 0 heterocycles. The number of ether oxygens (including phenoxy) is 1. The van der Waals surface area contributed by atoms with Gasteiger partial charge in [0, 0.05) is 18.5 Å². The van der Waals surface area contributed by atoms with Crippen molar-refractivity contribution in [2.75, 3.05) is 18.5 Å². The molecule has 0 spiro atoms. The second-order valence-electron chi connectivity index (χ2n) is 8.62. The molecule has 0 radical (unpaired) electrons. The van der Waals surface area contributed by atoms with Crippen LogP contribution in [0.1, 0.15) is 111 Å². The van der Waals surface area contributed by atoms with E-state index < -0.39 is 0 Å². The molecular formula is C29H53BrO3. The Morgan fingerprint density at radius 3 is 2.27 bits per heavy atom. The molecule has 2 saturated carbocycles. The minimum atomic E-state index is 0.223. The van der Waals surface area contributed by atoms with Crippen LogP contribution in [0.25, 0.3) is 0 Å². The first-order valence-corrected chi connectivity index (χ1v) is 14.8. The van der Waals surface area contributed by atoms with E-state index in [4.69, 9.17) is 9.84 Å². The molecule has 4 rings (SSSR count). The largest absolute Gasteiger partial charge is 0.508 e. The maximum atomic E-state index is 9.78. The van der Waals surface area contributed by atoms with E-state index in [0.29, 0.717) is 29.8 Å². The Bertz CT molecular complexity index is 621. The smallest absolute Gasteiger partial charge is 0.115 e. The summed E-state index contributed by atoms with van der Waals surface area (Å²) in [6.07, 6.45) is 8.43. The number of phenols is 1. The van der Waals surface area contributed by atoms with E-state index in [1.54, 1.807) is 0 Å². The summed E-state index contributed by atoms with van der Waals surface area (Å²) < 4.78 is 6.19. The van der Waals surface area contributed by atoms with Crippen molar-refractivity contribution in [1.82, 2.24) is 0 Å². The van der Waals surface area contributed by atoms with E-state index >= 15 is 0 Å². The number of aromatic hydroxyl groups is 1. The average Bonchev–Trinajstić information content (AvgIpc) is 3.19. The number of alkyl halides is 1. The quantitative estimate of drug-likeness (QED) is 0.304. The molecule has 1 aromatic rings. The van der Waals surface area contributed by atoms with Gasteiger partial charge < -0.3 is 14.9 Å². The summed E-state index contributed by atoms with van der Waals surface area (Å²) in [7, 11) is 0. The van der Waals surface area contributed by atoms with Crippen molar-refractivity contribution in [2.24, 2.45) is 17.3 Å². The zero-order chi connectivity index (χ0) is 25.4. The average molecular weight is 530 g/mol. The molecule has 2 fully saturated rings. The lowest BCUT2D eigenvalue weighted by atomic mass is 9.55. The molecule has 194 valence electrons. The summed E-state index contributed by atoms with van der Waals surface area (Å²) in [6.45, 7) is 17.4. The van der Waals surface area contributed by atoms with E-state index in [0.717, 1.165) is 30.0 Å². The van der Waals surface area contributed by atoms with Gasteiger partial charge in [-0.15, -0.1) is 0 Å². The second-order valence-corrected chi connectivity index (χ2v) is 9.75. The maximum absolute atomic E-state index is 9.78. The van der Waals surface area contributed by atoms with Crippen LogP contribution in [-0.4, -0.2) is 34.9 Å². The summed E-state index contributed by atoms with van der Waals surface area (Å²) in [5.41, 5.74) is 3.18. The van der Waals surface area contributed by atoms with Crippen LogP contribution in [0.2, 0.25) is 0 Å². The third-order valence-corrected chi connectivity index (χ3v) is 7.24. The van der Waals surface area contributed by atoms with Crippen LogP contribution in [0.5, 0.6) is 5.75 Å². The van der Waals surface area contributed by atoms with E-state index in [9.17, 15) is 5.11 Å². The Labute approximate surface area is 213 Å². The van der Waals surface area contributed by atoms with Crippen molar-refractivity contribution >= 4 is 15.9 Å². The molecule has 4 heteroatoms. The molecule has 3 aliphatic rings. The van der Waals surface area contributed by atoms with Gasteiger partial charge in [-0.1, -0.05) is 77.4 Å². The Morgan fingerprint density at radius 2 is 1.67 bits per heavy atom. The van der Waals surface area contributed by atoms with E-state index in [1.807, 2.05) is 60.6 Å². The van der Waals surface area contributed by atoms with Crippen molar-refractivity contribution in [3.05, 3.63) is 29.3 Å². The molecule has 33 heavy (non-hydrogen) atoms. The van der Waals surface area contributed by atoms with Crippen molar-refractivity contribution in [2.45, 2.75) is 112 Å². The zero-order valence-electron chi connectivity index (χ0n) is 22.8. The van der Waals surface area contributed by atoms with Crippen LogP contribution < -0.4 is 0 Å². The fourth-order valence-electron chi connectivity index (χ4n) is 6.08. The van der Waals surface area contributed by atoms with E-state index in [2.05, 4.69) is 28.9 Å². The van der Waals surface area contributed by atoms with Crippen molar-refractivity contribution < 1.29 is 14.9 Å². The minimum Gasteiger partial charge on any atom is -0.508 e. The van der Waals surface area contributed by atoms with Gasteiger partial charge in [-0.05, 0) is 91.4 Å². The zero-order valence-corrected chi connectivity index (χ0v) is 24.4. The van der Waals surface area contributed by atoms with E-state index in [-0.39, 0.29) is 6.61 Å². The van der Waals surface area contributed by atoms with Crippen LogP contribution in [-0.2, 0) is 11.2 Å². The lowest BCUT2D eigenvalue weighted by Crippen LogP contribution is -2.44. The normalized spacial score (nSPS) is 28.4. The minimum absolute atomic E-state index is 0.223. The molecule has 0 saturated heterocycles. The summed E-state index contributed by atoms with van der Waals surface area (Å²) in [6, 6.07) is 6.02.